The summed E-state index contributed by atoms with van der Waals surface area (Å²) in [4.78, 5) is 25.8. The van der Waals surface area contributed by atoms with Crippen molar-refractivity contribution in [2.45, 2.75) is 32.6 Å². The lowest BCUT2D eigenvalue weighted by Crippen LogP contribution is -2.46. The Kier molecular flexibility index (Phi) is 6.59. The fourth-order valence-corrected chi connectivity index (χ4v) is 1.45. The fourth-order valence-electron chi connectivity index (χ4n) is 0.933. The maximum absolute atomic E-state index is 8.61. The van der Waals surface area contributed by atoms with Crippen molar-refractivity contribution in [1.82, 2.24) is 5.32 Å². The van der Waals surface area contributed by atoms with Gasteiger partial charge in [-0.3, -0.25) is 0 Å². The van der Waals surface area contributed by atoms with Crippen molar-refractivity contribution >= 4 is 8.80 Å². The highest BCUT2D eigenvalue weighted by atomic mass is 28.4. The summed E-state index contributed by atoms with van der Waals surface area (Å²) in [5.41, 5.74) is 0. The quantitative estimate of drug-likeness (QED) is 0.328. The van der Waals surface area contributed by atoms with Crippen LogP contribution in [-0.2, 0) is 0 Å². The number of hydrogen-bond donors (Lipinski definition) is 4. The van der Waals surface area contributed by atoms with Gasteiger partial charge in [-0.2, -0.15) is 0 Å². The van der Waals surface area contributed by atoms with Gasteiger partial charge in [0.05, 0.1) is 6.17 Å². The van der Waals surface area contributed by atoms with Gasteiger partial charge in [0.25, 0.3) is 0 Å². The van der Waals surface area contributed by atoms with Crippen molar-refractivity contribution in [3.63, 3.8) is 0 Å². The highest BCUT2D eigenvalue weighted by Gasteiger charge is 2.25. The summed E-state index contributed by atoms with van der Waals surface area (Å²) in [6, 6.07) is 0. The van der Waals surface area contributed by atoms with E-state index in [0.717, 1.165) is 19.4 Å². The monoisotopic (exact) mass is 193 g/mol. The van der Waals surface area contributed by atoms with Crippen LogP contribution in [0.1, 0.15) is 32.6 Å². The van der Waals surface area contributed by atoms with Gasteiger partial charge in [-0.1, -0.05) is 26.2 Å². The Morgan fingerprint density at radius 1 is 1.08 bits per heavy atom. The molecule has 0 bridgehead atoms. The molecule has 0 aromatic carbocycles. The lowest BCUT2D eigenvalue weighted by Gasteiger charge is -2.09. The van der Waals surface area contributed by atoms with E-state index in [2.05, 4.69) is 12.2 Å². The summed E-state index contributed by atoms with van der Waals surface area (Å²) < 4.78 is 0. The first kappa shape index (κ1) is 12.1. The molecule has 0 atom stereocenters. The topological polar surface area (TPSA) is 72.7 Å². The van der Waals surface area contributed by atoms with Crippen LogP contribution >= 0.6 is 0 Å². The average Bonchev–Trinajstić information content (AvgIpc) is 1.94. The summed E-state index contributed by atoms with van der Waals surface area (Å²) >= 11 is 0. The van der Waals surface area contributed by atoms with Gasteiger partial charge in [0.2, 0.25) is 0 Å². The van der Waals surface area contributed by atoms with E-state index in [0.29, 0.717) is 0 Å². The largest absolute Gasteiger partial charge is 0.507 e. The van der Waals surface area contributed by atoms with Crippen molar-refractivity contribution in [1.29, 1.82) is 0 Å². The van der Waals surface area contributed by atoms with Gasteiger partial charge in [0.1, 0.15) is 0 Å². The molecule has 0 aromatic rings. The Balaban J connectivity index is 3.01. The van der Waals surface area contributed by atoms with Crippen LogP contribution in [0.4, 0.5) is 0 Å². The summed E-state index contributed by atoms with van der Waals surface area (Å²) in [5.74, 6) is 0. The van der Waals surface area contributed by atoms with Gasteiger partial charge in [-0.25, -0.2) is 0 Å². The normalized spacial score (nSPS) is 12.0. The lowest BCUT2D eigenvalue weighted by molar-refractivity contribution is 0.224. The zero-order chi connectivity index (χ0) is 9.45. The standard InChI is InChI=1S/C7H19NO3Si/c1-2-3-4-5-6-8-7-12(9,10)11/h8-11H,2-7H2,1H3. The zero-order valence-corrected chi connectivity index (χ0v) is 8.58. The number of hydrogen-bond acceptors (Lipinski definition) is 4. The van der Waals surface area contributed by atoms with Crippen LogP contribution in [0.2, 0.25) is 0 Å². The maximum Gasteiger partial charge on any atom is 0.507 e. The van der Waals surface area contributed by atoms with Crippen LogP contribution in [0.15, 0.2) is 0 Å². The molecule has 0 aliphatic carbocycles. The second-order valence-corrected chi connectivity index (χ2v) is 4.91. The molecule has 0 saturated carbocycles. The third-order valence-electron chi connectivity index (χ3n) is 1.57. The molecular formula is C7H19NO3Si. The van der Waals surface area contributed by atoms with E-state index < -0.39 is 8.80 Å². The molecule has 74 valence electrons. The second kappa shape index (κ2) is 6.56. The molecule has 5 heteroatoms. The van der Waals surface area contributed by atoms with Crippen LogP contribution in [0.25, 0.3) is 0 Å². The smallest absolute Gasteiger partial charge is 0.389 e. The average molecular weight is 193 g/mol. The van der Waals surface area contributed by atoms with E-state index in [9.17, 15) is 0 Å². The van der Waals surface area contributed by atoms with E-state index >= 15 is 0 Å². The van der Waals surface area contributed by atoms with Gasteiger partial charge >= 0.3 is 8.80 Å². The van der Waals surface area contributed by atoms with Gasteiger partial charge in [0, 0.05) is 0 Å². The molecule has 0 aliphatic heterocycles. The molecule has 0 aromatic heterocycles. The van der Waals surface area contributed by atoms with Gasteiger partial charge < -0.3 is 19.7 Å². The van der Waals surface area contributed by atoms with Crippen LogP contribution < -0.4 is 5.32 Å². The van der Waals surface area contributed by atoms with Crippen molar-refractivity contribution < 1.29 is 14.4 Å². The minimum Gasteiger partial charge on any atom is -0.389 e. The Labute approximate surface area is 74.6 Å². The predicted octanol–water partition coefficient (Wildman–Crippen LogP) is -0.389. The maximum atomic E-state index is 8.61. The first-order valence-corrected chi connectivity index (χ1v) is 6.49. The molecule has 0 amide bonds. The Morgan fingerprint density at radius 3 is 2.25 bits per heavy atom. The summed E-state index contributed by atoms with van der Waals surface area (Å²) in [5, 5.41) is 2.80. The minimum absolute atomic E-state index is 0.0564. The summed E-state index contributed by atoms with van der Waals surface area (Å²) in [6.45, 7) is 2.89. The van der Waals surface area contributed by atoms with Crippen molar-refractivity contribution in [3.05, 3.63) is 0 Å². The van der Waals surface area contributed by atoms with Crippen molar-refractivity contribution in [3.8, 4) is 0 Å². The van der Waals surface area contributed by atoms with Crippen LogP contribution in [0, 0.1) is 0 Å². The number of nitrogens with one attached hydrogen (secondary N) is 1. The second-order valence-electron chi connectivity index (χ2n) is 3.01. The number of unbranched alkanes of at least 4 members (excludes halogenated alkanes) is 3. The van der Waals surface area contributed by atoms with Gasteiger partial charge in [-0.15, -0.1) is 0 Å². The summed E-state index contributed by atoms with van der Waals surface area (Å²) in [6.07, 6.45) is 4.53. The molecule has 0 rings (SSSR count). The predicted molar refractivity (Wildman–Crippen MR) is 49.4 cm³/mol. The van der Waals surface area contributed by atoms with Gasteiger partial charge in [-0.05, 0) is 13.0 Å². The SMILES string of the molecule is CCCCCCNC[Si](O)(O)O. The van der Waals surface area contributed by atoms with Crippen LogP contribution in [0.5, 0.6) is 0 Å². The van der Waals surface area contributed by atoms with E-state index in [-0.39, 0.29) is 6.17 Å². The number of rotatable bonds is 7. The molecule has 0 spiro atoms. The van der Waals surface area contributed by atoms with Crippen LogP contribution in [0.3, 0.4) is 0 Å². The molecule has 0 radical (unpaired) electrons. The molecule has 12 heavy (non-hydrogen) atoms. The van der Waals surface area contributed by atoms with E-state index in [1.165, 1.54) is 12.8 Å². The zero-order valence-electron chi connectivity index (χ0n) is 7.58. The Bertz CT molecular complexity index is 105. The molecule has 0 heterocycles. The molecule has 4 N–H and O–H groups in total. The third-order valence-corrected chi connectivity index (χ3v) is 2.29. The summed E-state index contributed by atoms with van der Waals surface area (Å²) in [7, 11) is -3.84. The van der Waals surface area contributed by atoms with E-state index in [1.54, 1.807) is 0 Å². The molecule has 4 nitrogen and oxygen atoms in total. The van der Waals surface area contributed by atoms with Crippen molar-refractivity contribution in [2.75, 3.05) is 12.7 Å². The minimum atomic E-state index is -3.84. The first-order valence-electron chi connectivity index (χ1n) is 4.44. The first-order chi connectivity index (χ1) is 5.56. The molecule has 0 aliphatic rings. The fraction of sp³-hybridized carbons (Fsp3) is 1.00. The van der Waals surface area contributed by atoms with Gasteiger partial charge in [0.15, 0.2) is 0 Å². The highest BCUT2D eigenvalue weighted by molar-refractivity contribution is 6.56. The Hall–Kier alpha value is 0.0569. The molecular weight excluding hydrogens is 174 g/mol. The Morgan fingerprint density at radius 2 is 1.75 bits per heavy atom. The van der Waals surface area contributed by atoms with Crippen LogP contribution in [-0.4, -0.2) is 35.9 Å². The molecule has 0 unspecified atom stereocenters. The van der Waals surface area contributed by atoms with E-state index in [4.69, 9.17) is 14.4 Å². The highest BCUT2D eigenvalue weighted by Crippen LogP contribution is 1.96. The molecule has 0 saturated heterocycles. The van der Waals surface area contributed by atoms with Crippen molar-refractivity contribution in [2.24, 2.45) is 0 Å². The lowest BCUT2D eigenvalue weighted by atomic mass is 10.2. The molecule has 0 fully saturated rings. The third kappa shape index (κ3) is 10.1. The van der Waals surface area contributed by atoms with E-state index in [1.807, 2.05) is 0 Å².